The Morgan fingerprint density at radius 2 is 2.07 bits per heavy atom. The number of hydrogen-bond acceptors (Lipinski definition) is 3. The SMILES string of the molecule is Cc1ccc(CNCCNCC2CC2)o1. The predicted molar refractivity (Wildman–Crippen MR) is 60.7 cm³/mol. The number of aryl methyl sites for hydroxylation is 1. The minimum absolute atomic E-state index is 0.832. The van der Waals surface area contributed by atoms with Crippen molar-refractivity contribution in [1.82, 2.24) is 10.6 Å². The summed E-state index contributed by atoms with van der Waals surface area (Å²) < 4.78 is 5.46. The molecule has 0 amide bonds. The van der Waals surface area contributed by atoms with Crippen molar-refractivity contribution in [2.45, 2.75) is 26.3 Å². The number of nitrogens with one attached hydrogen (secondary N) is 2. The minimum atomic E-state index is 0.832. The van der Waals surface area contributed by atoms with Crippen LogP contribution in [-0.4, -0.2) is 19.6 Å². The van der Waals surface area contributed by atoms with Crippen molar-refractivity contribution in [3.8, 4) is 0 Å². The summed E-state index contributed by atoms with van der Waals surface area (Å²) in [6.07, 6.45) is 2.85. The molecule has 0 aromatic carbocycles. The van der Waals surface area contributed by atoms with Gasteiger partial charge in [-0.15, -0.1) is 0 Å². The van der Waals surface area contributed by atoms with Crippen LogP contribution in [0.3, 0.4) is 0 Å². The summed E-state index contributed by atoms with van der Waals surface area (Å²) in [5.41, 5.74) is 0. The third-order valence-corrected chi connectivity index (χ3v) is 2.70. The fourth-order valence-corrected chi connectivity index (χ4v) is 1.60. The van der Waals surface area contributed by atoms with E-state index >= 15 is 0 Å². The Balaban J connectivity index is 1.47. The van der Waals surface area contributed by atoms with Crippen LogP contribution in [-0.2, 0) is 6.54 Å². The largest absolute Gasteiger partial charge is 0.465 e. The van der Waals surface area contributed by atoms with E-state index in [2.05, 4.69) is 10.6 Å². The Bertz CT molecular complexity index is 292. The molecule has 1 aromatic rings. The van der Waals surface area contributed by atoms with Crippen molar-refractivity contribution in [1.29, 1.82) is 0 Å². The maximum Gasteiger partial charge on any atom is 0.117 e. The molecule has 1 saturated carbocycles. The fraction of sp³-hybridized carbons (Fsp3) is 0.667. The minimum Gasteiger partial charge on any atom is -0.465 e. The first-order valence-corrected chi connectivity index (χ1v) is 5.81. The summed E-state index contributed by atoms with van der Waals surface area (Å²) >= 11 is 0. The maximum atomic E-state index is 5.46. The molecule has 0 saturated heterocycles. The molecule has 1 aromatic heterocycles. The first-order valence-electron chi connectivity index (χ1n) is 5.81. The summed E-state index contributed by atoms with van der Waals surface area (Å²) in [4.78, 5) is 0. The molecule has 2 rings (SSSR count). The molecule has 0 atom stereocenters. The lowest BCUT2D eigenvalue weighted by Gasteiger charge is -2.04. The molecule has 15 heavy (non-hydrogen) atoms. The van der Waals surface area contributed by atoms with Crippen LogP contribution in [0.25, 0.3) is 0 Å². The van der Waals surface area contributed by atoms with Gasteiger partial charge in [0.15, 0.2) is 0 Å². The van der Waals surface area contributed by atoms with Gasteiger partial charge in [0.05, 0.1) is 6.54 Å². The van der Waals surface area contributed by atoms with Crippen molar-refractivity contribution < 1.29 is 4.42 Å². The lowest BCUT2D eigenvalue weighted by Crippen LogP contribution is -2.28. The van der Waals surface area contributed by atoms with Gasteiger partial charge in [-0.3, -0.25) is 0 Å². The monoisotopic (exact) mass is 208 g/mol. The molecular weight excluding hydrogens is 188 g/mol. The highest BCUT2D eigenvalue weighted by molar-refractivity contribution is 5.04. The molecule has 0 radical (unpaired) electrons. The predicted octanol–water partition coefficient (Wildman–Crippen LogP) is 1.68. The third-order valence-electron chi connectivity index (χ3n) is 2.70. The Hall–Kier alpha value is -0.800. The van der Waals surface area contributed by atoms with Crippen LogP contribution in [0.2, 0.25) is 0 Å². The highest BCUT2D eigenvalue weighted by Gasteiger charge is 2.19. The molecule has 1 heterocycles. The van der Waals surface area contributed by atoms with Crippen LogP contribution in [0.15, 0.2) is 16.5 Å². The molecule has 1 aliphatic rings. The maximum absolute atomic E-state index is 5.46. The number of furan rings is 1. The Kier molecular flexibility index (Phi) is 3.80. The van der Waals surface area contributed by atoms with Gasteiger partial charge in [0.2, 0.25) is 0 Å². The Morgan fingerprint density at radius 1 is 1.27 bits per heavy atom. The second-order valence-electron chi connectivity index (χ2n) is 4.34. The van der Waals surface area contributed by atoms with Crippen molar-refractivity contribution in [2.75, 3.05) is 19.6 Å². The van der Waals surface area contributed by atoms with E-state index < -0.39 is 0 Å². The first-order chi connectivity index (χ1) is 7.34. The van der Waals surface area contributed by atoms with Gasteiger partial charge in [0.25, 0.3) is 0 Å². The average Bonchev–Trinajstić information content (AvgIpc) is 2.95. The molecular formula is C12H20N2O. The van der Waals surface area contributed by atoms with Gasteiger partial charge in [0, 0.05) is 13.1 Å². The molecule has 0 unspecified atom stereocenters. The van der Waals surface area contributed by atoms with E-state index in [1.807, 2.05) is 19.1 Å². The van der Waals surface area contributed by atoms with Gasteiger partial charge < -0.3 is 15.1 Å². The molecule has 3 heteroatoms. The molecule has 3 nitrogen and oxygen atoms in total. The second-order valence-corrected chi connectivity index (χ2v) is 4.34. The molecule has 2 N–H and O–H groups in total. The zero-order valence-electron chi connectivity index (χ0n) is 9.38. The standard InChI is InChI=1S/C12H20N2O/c1-10-2-5-12(15-10)9-14-7-6-13-8-11-3-4-11/h2,5,11,13-14H,3-4,6-9H2,1H3. The van der Waals surface area contributed by atoms with Gasteiger partial charge >= 0.3 is 0 Å². The summed E-state index contributed by atoms with van der Waals surface area (Å²) in [6, 6.07) is 4.03. The summed E-state index contributed by atoms with van der Waals surface area (Å²) in [5, 5.41) is 6.80. The van der Waals surface area contributed by atoms with E-state index in [1.165, 1.54) is 19.4 Å². The smallest absolute Gasteiger partial charge is 0.117 e. The first kappa shape index (κ1) is 10.7. The normalized spacial score (nSPS) is 15.8. The lowest BCUT2D eigenvalue weighted by atomic mass is 10.4. The van der Waals surface area contributed by atoms with E-state index in [0.717, 1.165) is 37.1 Å². The van der Waals surface area contributed by atoms with Crippen LogP contribution in [0.4, 0.5) is 0 Å². The van der Waals surface area contributed by atoms with Crippen LogP contribution in [0.1, 0.15) is 24.4 Å². The molecule has 0 aliphatic heterocycles. The third kappa shape index (κ3) is 4.06. The molecule has 0 spiro atoms. The highest BCUT2D eigenvalue weighted by Crippen LogP contribution is 2.27. The lowest BCUT2D eigenvalue weighted by molar-refractivity contribution is 0.459. The van der Waals surface area contributed by atoms with E-state index in [0.29, 0.717) is 0 Å². The topological polar surface area (TPSA) is 37.2 Å². The summed E-state index contributed by atoms with van der Waals surface area (Å²) in [7, 11) is 0. The molecule has 1 aliphatic carbocycles. The molecule has 1 fully saturated rings. The second kappa shape index (κ2) is 5.33. The number of hydrogen-bond donors (Lipinski definition) is 2. The fourth-order valence-electron chi connectivity index (χ4n) is 1.60. The highest BCUT2D eigenvalue weighted by atomic mass is 16.3. The van der Waals surface area contributed by atoms with E-state index in [1.54, 1.807) is 0 Å². The van der Waals surface area contributed by atoms with E-state index in [-0.39, 0.29) is 0 Å². The van der Waals surface area contributed by atoms with Crippen molar-refractivity contribution in [3.05, 3.63) is 23.7 Å². The summed E-state index contributed by atoms with van der Waals surface area (Å²) in [6.45, 7) is 6.06. The van der Waals surface area contributed by atoms with Gasteiger partial charge in [-0.1, -0.05) is 0 Å². The van der Waals surface area contributed by atoms with Crippen LogP contribution >= 0.6 is 0 Å². The zero-order valence-corrected chi connectivity index (χ0v) is 9.38. The Morgan fingerprint density at radius 3 is 2.73 bits per heavy atom. The molecule has 0 bridgehead atoms. The van der Waals surface area contributed by atoms with E-state index in [4.69, 9.17) is 4.42 Å². The van der Waals surface area contributed by atoms with Crippen LogP contribution < -0.4 is 10.6 Å². The zero-order chi connectivity index (χ0) is 10.5. The van der Waals surface area contributed by atoms with Crippen molar-refractivity contribution in [2.24, 2.45) is 5.92 Å². The van der Waals surface area contributed by atoms with Gasteiger partial charge in [0.1, 0.15) is 11.5 Å². The summed E-state index contributed by atoms with van der Waals surface area (Å²) in [5.74, 6) is 2.98. The average molecular weight is 208 g/mol. The number of rotatable bonds is 7. The molecule has 84 valence electrons. The van der Waals surface area contributed by atoms with Crippen molar-refractivity contribution in [3.63, 3.8) is 0 Å². The van der Waals surface area contributed by atoms with Crippen molar-refractivity contribution >= 4 is 0 Å². The van der Waals surface area contributed by atoms with Gasteiger partial charge in [-0.25, -0.2) is 0 Å². The van der Waals surface area contributed by atoms with Crippen LogP contribution in [0, 0.1) is 12.8 Å². The van der Waals surface area contributed by atoms with Crippen LogP contribution in [0.5, 0.6) is 0 Å². The van der Waals surface area contributed by atoms with Gasteiger partial charge in [-0.2, -0.15) is 0 Å². The van der Waals surface area contributed by atoms with E-state index in [9.17, 15) is 0 Å². The Labute approximate surface area is 91.2 Å². The quantitative estimate of drug-likeness (QED) is 0.669. The van der Waals surface area contributed by atoms with Gasteiger partial charge in [-0.05, 0) is 44.4 Å².